The van der Waals surface area contributed by atoms with Crippen molar-refractivity contribution in [2.24, 2.45) is 0 Å². The van der Waals surface area contributed by atoms with Crippen molar-refractivity contribution in [1.82, 2.24) is 9.55 Å². The van der Waals surface area contributed by atoms with Gasteiger partial charge >= 0.3 is 11.9 Å². The second kappa shape index (κ2) is 5.28. The topological polar surface area (TPSA) is 102 Å². The summed E-state index contributed by atoms with van der Waals surface area (Å²) in [7, 11) is 0. The summed E-state index contributed by atoms with van der Waals surface area (Å²) in [5.74, 6) is -0.458. The molecule has 7 nitrogen and oxygen atoms in total. The Morgan fingerprint density at radius 2 is 2.00 bits per heavy atom. The van der Waals surface area contributed by atoms with Gasteiger partial charge in [-0.3, -0.25) is 14.9 Å². The average molecular weight is 310 g/mol. The zero-order valence-corrected chi connectivity index (χ0v) is 10.5. The van der Waals surface area contributed by atoms with Gasteiger partial charge in [-0.25, -0.2) is 4.98 Å². The minimum Gasteiger partial charge on any atom is -0.300 e. The molecule has 0 aliphatic carbocycles. The van der Waals surface area contributed by atoms with Crippen LogP contribution in [0.5, 0.6) is 0 Å². The molecule has 2 heterocycles. The quantitative estimate of drug-likeness (QED) is 0.624. The molecule has 2 aromatic rings. The van der Waals surface area contributed by atoms with Crippen LogP contribution in [0.25, 0.3) is 5.82 Å². The van der Waals surface area contributed by atoms with E-state index in [0.717, 1.165) is 22.9 Å². The number of aromatic nitrogens is 2. The highest BCUT2D eigenvalue weighted by atomic mass is 19.4. The highest BCUT2D eigenvalue weighted by Crippen LogP contribution is 2.29. The summed E-state index contributed by atoms with van der Waals surface area (Å²) >= 11 is 0. The Kier molecular flexibility index (Phi) is 3.64. The van der Waals surface area contributed by atoms with Crippen LogP contribution in [0.15, 0.2) is 35.4 Å². The van der Waals surface area contributed by atoms with E-state index in [9.17, 15) is 28.1 Å². The van der Waals surface area contributed by atoms with E-state index in [1.54, 1.807) is 6.07 Å². The predicted molar refractivity (Wildman–Crippen MR) is 66.2 cm³/mol. The number of hydrogen-bond donors (Lipinski definition) is 0. The van der Waals surface area contributed by atoms with E-state index in [2.05, 4.69) is 4.98 Å². The van der Waals surface area contributed by atoms with Crippen molar-refractivity contribution in [1.29, 1.82) is 5.26 Å². The summed E-state index contributed by atoms with van der Waals surface area (Å²) in [6, 6.07) is 3.97. The maximum atomic E-state index is 12.7. The van der Waals surface area contributed by atoms with Gasteiger partial charge in [0.15, 0.2) is 5.82 Å². The highest BCUT2D eigenvalue weighted by Gasteiger charge is 2.33. The molecule has 0 aliphatic heterocycles. The van der Waals surface area contributed by atoms with Crippen molar-refractivity contribution in [3.63, 3.8) is 0 Å². The van der Waals surface area contributed by atoms with Gasteiger partial charge in [-0.05, 0) is 12.1 Å². The summed E-state index contributed by atoms with van der Waals surface area (Å²) in [6.07, 6.45) is -3.03. The lowest BCUT2D eigenvalue weighted by molar-refractivity contribution is -0.386. The molecule has 0 saturated carbocycles. The summed E-state index contributed by atoms with van der Waals surface area (Å²) in [5, 5.41) is 19.6. The van der Waals surface area contributed by atoms with Crippen LogP contribution >= 0.6 is 0 Å². The molecule has 0 amide bonds. The minimum absolute atomic E-state index is 0.231. The Balaban J connectivity index is 2.71. The number of nitriles is 1. The minimum atomic E-state index is -4.74. The maximum absolute atomic E-state index is 12.7. The average Bonchev–Trinajstić information content (AvgIpc) is 2.46. The lowest BCUT2D eigenvalue weighted by atomic mass is 10.2. The largest absolute Gasteiger partial charge is 0.433 e. The number of halogens is 3. The van der Waals surface area contributed by atoms with Crippen LogP contribution in [0, 0.1) is 21.4 Å². The van der Waals surface area contributed by atoms with Gasteiger partial charge in [0.25, 0.3) is 5.43 Å². The van der Waals surface area contributed by atoms with Gasteiger partial charge in [0.1, 0.15) is 11.8 Å². The lowest BCUT2D eigenvalue weighted by Crippen LogP contribution is -2.14. The lowest BCUT2D eigenvalue weighted by Gasteiger charge is -2.11. The number of pyridine rings is 2. The van der Waals surface area contributed by atoms with Crippen molar-refractivity contribution >= 4 is 5.69 Å². The van der Waals surface area contributed by atoms with Crippen LogP contribution in [0.3, 0.4) is 0 Å². The third-order valence-corrected chi connectivity index (χ3v) is 2.63. The summed E-state index contributed by atoms with van der Waals surface area (Å²) < 4.78 is 38.9. The normalized spacial score (nSPS) is 11.0. The first kappa shape index (κ1) is 15.2. The van der Waals surface area contributed by atoms with Crippen LogP contribution in [-0.4, -0.2) is 14.5 Å². The molecular formula is C12H5F3N4O3. The summed E-state index contributed by atoms with van der Waals surface area (Å²) in [5.41, 5.74) is -3.24. The molecule has 0 aliphatic rings. The van der Waals surface area contributed by atoms with Gasteiger partial charge in [-0.1, -0.05) is 0 Å². The fourth-order valence-electron chi connectivity index (χ4n) is 1.63. The molecule has 0 fully saturated rings. The van der Waals surface area contributed by atoms with Crippen LogP contribution in [0.1, 0.15) is 11.3 Å². The molecule has 0 N–H and O–H groups in total. The van der Waals surface area contributed by atoms with E-state index in [4.69, 9.17) is 5.26 Å². The summed E-state index contributed by atoms with van der Waals surface area (Å²) in [4.78, 5) is 24.3. The SMILES string of the molecule is N#Cc1ccc(C(F)(F)F)nc1-n1ccc(=O)c([N+](=O)[O-])c1. The van der Waals surface area contributed by atoms with Crippen LogP contribution < -0.4 is 5.43 Å². The third kappa shape index (κ3) is 2.78. The third-order valence-electron chi connectivity index (χ3n) is 2.63. The van der Waals surface area contributed by atoms with Crippen molar-refractivity contribution in [2.75, 3.05) is 0 Å². The second-order valence-electron chi connectivity index (χ2n) is 4.04. The molecule has 22 heavy (non-hydrogen) atoms. The first-order valence-corrected chi connectivity index (χ1v) is 5.59. The monoisotopic (exact) mass is 310 g/mol. The molecule has 2 rings (SSSR count). The molecule has 2 aromatic heterocycles. The zero-order chi connectivity index (χ0) is 16.5. The smallest absolute Gasteiger partial charge is 0.300 e. The first-order valence-electron chi connectivity index (χ1n) is 5.59. The highest BCUT2D eigenvalue weighted by molar-refractivity contribution is 5.46. The standard InChI is InChI=1S/C12H5F3N4O3/c13-12(14,15)10-2-1-7(5-16)11(17-10)18-4-3-9(20)8(6-18)19(21)22/h1-4,6H. The molecule has 10 heteroatoms. The summed E-state index contributed by atoms with van der Waals surface area (Å²) in [6.45, 7) is 0. The second-order valence-corrected chi connectivity index (χ2v) is 4.04. The number of nitrogens with zero attached hydrogens (tertiary/aromatic N) is 4. The molecule has 0 aromatic carbocycles. The fourth-order valence-corrected chi connectivity index (χ4v) is 1.63. The van der Waals surface area contributed by atoms with Crippen molar-refractivity contribution < 1.29 is 18.1 Å². The maximum Gasteiger partial charge on any atom is 0.433 e. The zero-order valence-electron chi connectivity index (χ0n) is 10.5. The molecule has 0 unspecified atom stereocenters. The number of hydrogen-bond acceptors (Lipinski definition) is 5. The Morgan fingerprint density at radius 1 is 1.32 bits per heavy atom. The molecule has 0 bridgehead atoms. The molecule has 0 radical (unpaired) electrons. The first-order chi connectivity index (χ1) is 10.2. The van der Waals surface area contributed by atoms with E-state index in [0.29, 0.717) is 12.3 Å². The van der Waals surface area contributed by atoms with Crippen LogP contribution in [0.4, 0.5) is 18.9 Å². The van der Waals surface area contributed by atoms with Crippen molar-refractivity contribution in [3.8, 4) is 11.9 Å². The van der Waals surface area contributed by atoms with Gasteiger partial charge < -0.3 is 4.57 Å². The van der Waals surface area contributed by atoms with Gasteiger partial charge in [0.05, 0.1) is 16.7 Å². The molecular weight excluding hydrogens is 305 g/mol. The molecule has 0 spiro atoms. The number of alkyl halides is 3. The Morgan fingerprint density at radius 3 is 2.55 bits per heavy atom. The Bertz CT molecular complexity index is 852. The number of rotatable bonds is 2. The Hall–Kier alpha value is -3.22. The van der Waals surface area contributed by atoms with Crippen molar-refractivity contribution in [3.05, 3.63) is 62.2 Å². The molecule has 0 atom stereocenters. The van der Waals surface area contributed by atoms with Gasteiger partial charge in [0.2, 0.25) is 0 Å². The van der Waals surface area contributed by atoms with E-state index >= 15 is 0 Å². The van der Waals surface area contributed by atoms with E-state index < -0.39 is 33.7 Å². The fraction of sp³-hybridized carbons (Fsp3) is 0.0833. The van der Waals surface area contributed by atoms with Gasteiger partial charge in [-0.15, -0.1) is 0 Å². The van der Waals surface area contributed by atoms with Crippen molar-refractivity contribution in [2.45, 2.75) is 6.18 Å². The van der Waals surface area contributed by atoms with Crippen LogP contribution in [-0.2, 0) is 6.18 Å². The van der Waals surface area contributed by atoms with E-state index in [1.165, 1.54) is 0 Å². The Labute approximate surface area is 120 Å². The van der Waals surface area contributed by atoms with E-state index in [1.807, 2.05) is 0 Å². The van der Waals surface area contributed by atoms with Gasteiger partial charge in [0, 0.05) is 12.3 Å². The predicted octanol–water partition coefficient (Wildman–Crippen LogP) is 2.03. The molecule has 0 saturated heterocycles. The van der Waals surface area contributed by atoms with Crippen LogP contribution in [0.2, 0.25) is 0 Å². The molecule has 112 valence electrons. The van der Waals surface area contributed by atoms with E-state index in [-0.39, 0.29) is 5.56 Å². The number of nitro groups is 1. The van der Waals surface area contributed by atoms with Gasteiger partial charge in [-0.2, -0.15) is 18.4 Å².